The number of ether oxygens (including phenoxy) is 1. The first-order valence-electron chi connectivity index (χ1n) is 12.9. The van der Waals surface area contributed by atoms with Gasteiger partial charge in [-0.1, -0.05) is 24.3 Å². The number of imidazole rings is 1. The van der Waals surface area contributed by atoms with Gasteiger partial charge in [-0.3, -0.25) is 9.67 Å². The third-order valence-electron chi connectivity index (χ3n) is 6.64. The van der Waals surface area contributed by atoms with Crippen LogP contribution in [0.3, 0.4) is 0 Å². The van der Waals surface area contributed by atoms with Crippen LogP contribution in [-0.2, 0) is 11.2 Å². The van der Waals surface area contributed by atoms with Crippen molar-refractivity contribution in [2.45, 2.75) is 32.2 Å². The SMILES string of the molecule is CC(C)(Cc1ccc#cc1-c1cn[nH]c1)Nc1nc(N2CCOCC2)nc(-n2c(C(F)F)nc3ccccc32)n1. The first-order valence-corrected chi connectivity index (χ1v) is 12.9. The van der Waals surface area contributed by atoms with Crippen LogP contribution < -0.4 is 10.2 Å². The normalized spacial score (nSPS) is 14.1. The smallest absolute Gasteiger partial charge is 0.296 e. The Labute approximate surface area is 229 Å². The number of anilines is 2. The molecule has 0 saturated carbocycles. The van der Waals surface area contributed by atoms with E-state index in [2.05, 4.69) is 42.6 Å². The van der Waals surface area contributed by atoms with Crippen molar-refractivity contribution in [3.8, 4) is 17.1 Å². The van der Waals surface area contributed by atoms with Gasteiger partial charge in [0.15, 0.2) is 5.82 Å². The quantitative estimate of drug-likeness (QED) is 0.296. The molecule has 1 aliphatic rings. The van der Waals surface area contributed by atoms with Crippen LogP contribution in [0.5, 0.6) is 0 Å². The van der Waals surface area contributed by atoms with E-state index in [1.165, 1.54) is 4.57 Å². The Hall–Kier alpha value is -4.63. The van der Waals surface area contributed by atoms with Crippen LogP contribution in [0.4, 0.5) is 20.7 Å². The van der Waals surface area contributed by atoms with Crippen LogP contribution in [0.2, 0.25) is 0 Å². The lowest BCUT2D eigenvalue weighted by Gasteiger charge is -2.29. The zero-order valence-corrected chi connectivity index (χ0v) is 22.0. The number of aromatic amines is 1. The van der Waals surface area contributed by atoms with Gasteiger partial charge in [-0.15, -0.1) is 0 Å². The zero-order valence-electron chi connectivity index (χ0n) is 22.0. The van der Waals surface area contributed by atoms with Crippen molar-refractivity contribution in [2.75, 3.05) is 36.5 Å². The first-order chi connectivity index (χ1) is 19.4. The molecule has 12 heteroatoms. The summed E-state index contributed by atoms with van der Waals surface area (Å²) in [4.78, 5) is 20.1. The molecule has 1 aliphatic heterocycles. The average Bonchev–Trinajstić information content (AvgIpc) is 3.62. The van der Waals surface area contributed by atoms with Gasteiger partial charge in [0.2, 0.25) is 17.8 Å². The summed E-state index contributed by atoms with van der Waals surface area (Å²) in [5, 5.41) is 10.3. The van der Waals surface area contributed by atoms with Gasteiger partial charge < -0.3 is 15.0 Å². The summed E-state index contributed by atoms with van der Waals surface area (Å²) in [5.74, 6) is 0.295. The molecule has 0 aliphatic carbocycles. The number of nitrogens with zero attached hydrogens (tertiary/aromatic N) is 7. The van der Waals surface area contributed by atoms with Gasteiger partial charge in [0.1, 0.15) is 0 Å². The predicted molar refractivity (Wildman–Crippen MR) is 146 cm³/mol. The number of rotatable bonds is 8. The van der Waals surface area contributed by atoms with E-state index >= 15 is 0 Å². The van der Waals surface area contributed by atoms with Gasteiger partial charge >= 0.3 is 0 Å². The molecule has 6 rings (SSSR count). The van der Waals surface area contributed by atoms with Gasteiger partial charge in [0.05, 0.1) is 30.4 Å². The topological polar surface area (TPSA) is 110 Å². The molecule has 40 heavy (non-hydrogen) atoms. The van der Waals surface area contributed by atoms with E-state index in [9.17, 15) is 8.78 Å². The monoisotopic (exact) mass is 543 g/mol. The number of hydrogen-bond acceptors (Lipinski definition) is 8. The maximum Gasteiger partial charge on any atom is 0.296 e. The molecule has 5 aromatic rings. The number of para-hydroxylation sites is 2. The van der Waals surface area contributed by atoms with Gasteiger partial charge in [-0.25, -0.2) is 13.8 Å². The molecule has 4 heterocycles. The molecule has 0 spiro atoms. The minimum atomic E-state index is -2.82. The summed E-state index contributed by atoms with van der Waals surface area (Å²) >= 11 is 0. The molecular formula is C28H27F2N9O. The fourth-order valence-corrected chi connectivity index (χ4v) is 4.85. The minimum Gasteiger partial charge on any atom is -0.378 e. The molecule has 2 aromatic carbocycles. The predicted octanol–water partition coefficient (Wildman–Crippen LogP) is 4.41. The summed E-state index contributed by atoms with van der Waals surface area (Å²) in [7, 11) is 0. The Morgan fingerprint density at radius 1 is 1.07 bits per heavy atom. The Balaban J connectivity index is 1.40. The second kappa shape index (κ2) is 10.5. The molecule has 1 saturated heterocycles. The van der Waals surface area contributed by atoms with Crippen molar-refractivity contribution in [3.63, 3.8) is 0 Å². The maximum absolute atomic E-state index is 14.2. The Kier molecular flexibility index (Phi) is 6.73. The molecule has 3 aromatic heterocycles. The Bertz CT molecular complexity index is 1610. The second-order valence-corrected chi connectivity index (χ2v) is 10.1. The Morgan fingerprint density at radius 3 is 2.65 bits per heavy atom. The molecule has 0 bridgehead atoms. The summed E-state index contributed by atoms with van der Waals surface area (Å²) in [6.45, 7) is 6.23. The van der Waals surface area contributed by atoms with Crippen molar-refractivity contribution in [2.24, 2.45) is 0 Å². The number of fused-ring (bicyclic) bond motifs is 1. The number of aromatic nitrogens is 7. The number of halogens is 2. The third-order valence-corrected chi connectivity index (χ3v) is 6.64. The molecule has 0 unspecified atom stereocenters. The molecule has 0 amide bonds. The van der Waals surface area contributed by atoms with Gasteiger partial charge in [0, 0.05) is 36.0 Å². The molecule has 1 fully saturated rings. The second-order valence-electron chi connectivity index (χ2n) is 10.1. The van der Waals surface area contributed by atoms with Crippen molar-refractivity contribution in [3.05, 3.63) is 72.3 Å². The summed E-state index contributed by atoms with van der Waals surface area (Å²) in [6.07, 6.45) is 1.32. The van der Waals surface area contributed by atoms with Crippen LogP contribution in [0.25, 0.3) is 28.1 Å². The van der Waals surface area contributed by atoms with Crippen LogP contribution in [0, 0.1) is 12.1 Å². The molecule has 10 nitrogen and oxygen atoms in total. The fourth-order valence-electron chi connectivity index (χ4n) is 4.85. The third kappa shape index (κ3) is 5.15. The lowest BCUT2D eigenvalue weighted by Crippen LogP contribution is -2.39. The average molecular weight is 544 g/mol. The summed E-state index contributed by atoms with van der Waals surface area (Å²) < 4.78 is 35.1. The van der Waals surface area contributed by atoms with E-state index in [-0.39, 0.29) is 11.9 Å². The van der Waals surface area contributed by atoms with E-state index < -0.39 is 17.8 Å². The van der Waals surface area contributed by atoms with E-state index in [0.29, 0.717) is 49.7 Å². The molecular weight excluding hydrogens is 516 g/mol. The maximum atomic E-state index is 14.2. The number of alkyl halides is 2. The van der Waals surface area contributed by atoms with E-state index in [0.717, 1.165) is 16.7 Å². The Morgan fingerprint density at radius 2 is 1.88 bits per heavy atom. The highest BCUT2D eigenvalue weighted by Crippen LogP contribution is 2.29. The van der Waals surface area contributed by atoms with Crippen molar-refractivity contribution < 1.29 is 13.5 Å². The lowest BCUT2D eigenvalue weighted by molar-refractivity contribution is 0.122. The number of benzene rings is 1. The summed E-state index contributed by atoms with van der Waals surface area (Å²) in [5.41, 5.74) is 3.21. The highest BCUT2D eigenvalue weighted by atomic mass is 19.3. The molecule has 0 atom stereocenters. The lowest BCUT2D eigenvalue weighted by atomic mass is 9.91. The zero-order chi connectivity index (χ0) is 27.7. The van der Waals surface area contributed by atoms with Crippen molar-refractivity contribution in [1.82, 2.24) is 34.7 Å². The largest absolute Gasteiger partial charge is 0.378 e. The molecule has 0 radical (unpaired) electrons. The van der Waals surface area contributed by atoms with Gasteiger partial charge in [0.25, 0.3) is 6.43 Å². The van der Waals surface area contributed by atoms with Gasteiger partial charge in [-0.05, 0) is 50.1 Å². The van der Waals surface area contributed by atoms with Crippen LogP contribution in [0.1, 0.15) is 31.7 Å². The van der Waals surface area contributed by atoms with Crippen molar-refractivity contribution in [1.29, 1.82) is 0 Å². The number of morpholine rings is 1. The van der Waals surface area contributed by atoms with E-state index in [1.54, 1.807) is 30.5 Å². The fraction of sp³-hybridized carbons (Fsp3) is 0.321. The number of hydrogen-bond donors (Lipinski definition) is 2. The van der Waals surface area contributed by atoms with Crippen LogP contribution in [-0.4, -0.2) is 66.5 Å². The standard InChI is InChI=1S/C28H27F2N9O/c1-28(2,15-18-7-3-4-8-20(18)19-16-31-32-17-19)37-25-34-26(38-11-13-40-14-12-38)36-27(35-25)39-22-10-6-5-9-21(22)33-24(39)23(29)30/h3,5-7,9-10,16-17,23H,11-15H2,1-2H3,(H,31,32)(H,34,35,36,37). The molecule has 2 N–H and O–H groups in total. The highest BCUT2D eigenvalue weighted by Gasteiger charge is 2.27. The van der Waals surface area contributed by atoms with Gasteiger partial charge in [-0.2, -0.15) is 20.1 Å². The summed E-state index contributed by atoms with van der Waals surface area (Å²) in [6, 6.07) is 17.0. The van der Waals surface area contributed by atoms with E-state index in [4.69, 9.17) is 9.72 Å². The minimum absolute atomic E-state index is 0.0699. The van der Waals surface area contributed by atoms with Crippen molar-refractivity contribution >= 4 is 22.9 Å². The van der Waals surface area contributed by atoms with E-state index in [1.807, 2.05) is 37.1 Å². The molecule has 204 valence electrons. The van der Waals surface area contributed by atoms with Crippen LogP contribution in [0.15, 0.2) is 48.8 Å². The number of nitrogens with one attached hydrogen (secondary N) is 2. The van der Waals surface area contributed by atoms with Crippen LogP contribution >= 0.6 is 0 Å². The first kappa shape index (κ1) is 25.6. The number of H-pyrrole nitrogens is 1. The highest BCUT2D eigenvalue weighted by molar-refractivity contribution is 5.77.